The number of nitrogens with one attached hydrogen (secondary N) is 1. The predicted molar refractivity (Wildman–Crippen MR) is 81.6 cm³/mol. The first kappa shape index (κ1) is 14.1. The van der Waals surface area contributed by atoms with Gasteiger partial charge in [0.05, 0.1) is 11.9 Å². The molecule has 1 aromatic carbocycles. The van der Waals surface area contributed by atoms with Crippen molar-refractivity contribution in [2.45, 2.75) is 6.92 Å². The van der Waals surface area contributed by atoms with Crippen LogP contribution < -0.4 is 5.32 Å². The van der Waals surface area contributed by atoms with Gasteiger partial charge in [-0.1, -0.05) is 6.07 Å². The molecule has 1 N–H and O–H groups in total. The number of aromatic nitrogens is 3. The molecule has 0 unspecified atom stereocenters. The lowest BCUT2D eigenvalue weighted by Gasteiger charge is -2.09. The summed E-state index contributed by atoms with van der Waals surface area (Å²) >= 11 is 0. The molecule has 3 rings (SSSR count). The van der Waals surface area contributed by atoms with Crippen molar-refractivity contribution in [2.24, 2.45) is 7.05 Å². The highest BCUT2D eigenvalue weighted by Crippen LogP contribution is 2.19. The SMILES string of the molecule is Cc1ccc(NC(=O)c2cnn(C)c2-n2cccc2)c(F)c1. The summed E-state index contributed by atoms with van der Waals surface area (Å²) in [5, 5.41) is 6.70. The van der Waals surface area contributed by atoms with E-state index in [-0.39, 0.29) is 5.69 Å². The van der Waals surface area contributed by atoms with Gasteiger partial charge in [-0.2, -0.15) is 5.10 Å². The Morgan fingerprint density at radius 3 is 2.68 bits per heavy atom. The highest BCUT2D eigenvalue weighted by molar-refractivity contribution is 6.06. The van der Waals surface area contributed by atoms with Crippen LogP contribution in [0.3, 0.4) is 0 Å². The van der Waals surface area contributed by atoms with Gasteiger partial charge >= 0.3 is 0 Å². The summed E-state index contributed by atoms with van der Waals surface area (Å²) in [4.78, 5) is 12.4. The fourth-order valence-electron chi connectivity index (χ4n) is 2.28. The molecule has 0 atom stereocenters. The number of halogens is 1. The molecule has 0 aliphatic carbocycles. The van der Waals surface area contributed by atoms with Gasteiger partial charge in [-0.05, 0) is 36.8 Å². The first-order valence-corrected chi connectivity index (χ1v) is 6.79. The standard InChI is InChI=1S/C16H15FN4O/c1-11-5-6-14(13(17)9-11)19-15(22)12-10-18-20(2)16(12)21-7-3-4-8-21/h3-10H,1-2H3,(H,19,22). The Morgan fingerprint density at radius 1 is 1.27 bits per heavy atom. The Labute approximate surface area is 127 Å². The van der Waals surface area contributed by atoms with E-state index >= 15 is 0 Å². The average Bonchev–Trinajstić information content (AvgIpc) is 3.10. The van der Waals surface area contributed by atoms with E-state index in [0.29, 0.717) is 11.4 Å². The lowest BCUT2D eigenvalue weighted by atomic mass is 10.2. The molecule has 0 spiro atoms. The van der Waals surface area contributed by atoms with Gasteiger partial charge in [0.2, 0.25) is 0 Å². The van der Waals surface area contributed by atoms with Crippen LogP contribution in [0.5, 0.6) is 0 Å². The van der Waals surface area contributed by atoms with E-state index in [1.165, 1.54) is 12.3 Å². The second-order valence-corrected chi connectivity index (χ2v) is 5.03. The summed E-state index contributed by atoms with van der Waals surface area (Å²) in [6.45, 7) is 1.79. The van der Waals surface area contributed by atoms with Crippen molar-refractivity contribution in [3.05, 3.63) is 65.9 Å². The zero-order valence-corrected chi connectivity index (χ0v) is 12.2. The van der Waals surface area contributed by atoms with Gasteiger partial charge in [0.1, 0.15) is 17.2 Å². The molecule has 2 aromatic heterocycles. The zero-order valence-electron chi connectivity index (χ0n) is 12.2. The average molecular weight is 298 g/mol. The quantitative estimate of drug-likeness (QED) is 0.808. The van der Waals surface area contributed by atoms with E-state index in [4.69, 9.17) is 0 Å². The van der Waals surface area contributed by atoms with Gasteiger partial charge in [0.25, 0.3) is 5.91 Å². The van der Waals surface area contributed by atoms with E-state index in [0.717, 1.165) is 5.56 Å². The molecule has 112 valence electrons. The van der Waals surface area contributed by atoms with Crippen LogP contribution >= 0.6 is 0 Å². The number of carbonyl (C=O) groups is 1. The third-order valence-corrected chi connectivity index (χ3v) is 3.37. The van der Waals surface area contributed by atoms with Crippen molar-refractivity contribution in [1.29, 1.82) is 0 Å². The predicted octanol–water partition coefficient (Wildman–Crippen LogP) is 2.91. The summed E-state index contributed by atoms with van der Waals surface area (Å²) in [5.41, 5.74) is 1.32. The Morgan fingerprint density at radius 2 is 2.00 bits per heavy atom. The van der Waals surface area contributed by atoms with Crippen molar-refractivity contribution in [1.82, 2.24) is 14.3 Å². The van der Waals surface area contributed by atoms with Crippen LogP contribution in [0.2, 0.25) is 0 Å². The number of nitrogens with zero attached hydrogens (tertiary/aromatic N) is 3. The van der Waals surface area contributed by atoms with Crippen LogP contribution in [0.1, 0.15) is 15.9 Å². The Hall–Kier alpha value is -2.89. The fraction of sp³-hybridized carbons (Fsp3) is 0.125. The summed E-state index contributed by atoms with van der Waals surface area (Å²) in [6, 6.07) is 8.39. The highest BCUT2D eigenvalue weighted by atomic mass is 19.1. The Kier molecular flexibility index (Phi) is 3.50. The van der Waals surface area contributed by atoms with Crippen LogP contribution in [-0.4, -0.2) is 20.3 Å². The minimum atomic E-state index is -0.459. The van der Waals surface area contributed by atoms with E-state index in [1.54, 1.807) is 35.4 Å². The molecular weight excluding hydrogens is 283 g/mol. The van der Waals surface area contributed by atoms with Crippen molar-refractivity contribution >= 4 is 11.6 Å². The number of benzene rings is 1. The molecule has 0 aliphatic rings. The number of aryl methyl sites for hydroxylation is 2. The van der Waals surface area contributed by atoms with Gasteiger partial charge < -0.3 is 9.88 Å². The monoisotopic (exact) mass is 298 g/mol. The highest BCUT2D eigenvalue weighted by Gasteiger charge is 2.18. The molecule has 6 heteroatoms. The van der Waals surface area contributed by atoms with Crippen LogP contribution in [0.15, 0.2) is 48.9 Å². The van der Waals surface area contributed by atoms with E-state index in [2.05, 4.69) is 10.4 Å². The molecule has 5 nitrogen and oxygen atoms in total. The maximum Gasteiger partial charge on any atom is 0.261 e. The minimum absolute atomic E-state index is 0.151. The van der Waals surface area contributed by atoms with Crippen LogP contribution in [0, 0.1) is 12.7 Å². The van der Waals surface area contributed by atoms with E-state index in [9.17, 15) is 9.18 Å². The smallest absolute Gasteiger partial charge is 0.261 e. The lowest BCUT2D eigenvalue weighted by Crippen LogP contribution is -2.15. The molecule has 0 saturated heterocycles. The number of carbonyl (C=O) groups excluding carboxylic acids is 1. The van der Waals surface area contributed by atoms with Crippen LogP contribution in [0.4, 0.5) is 10.1 Å². The third kappa shape index (κ3) is 2.50. The third-order valence-electron chi connectivity index (χ3n) is 3.37. The topological polar surface area (TPSA) is 51.9 Å². The van der Waals surface area contributed by atoms with Crippen molar-refractivity contribution in [3.8, 4) is 5.82 Å². The van der Waals surface area contributed by atoms with Gasteiger partial charge in [-0.25, -0.2) is 4.39 Å². The molecule has 0 fully saturated rings. The minimum Gasteiger partial charge on any atom is -0.319 e. The maximum atomic E-state index is 13.9. The second kappa shape index (κ2) is 5.48. The first-order valence-electron chi connectivity index (χ1n) is 6.79. The number of rotatable bonds is 3. The molecule has 0 bridgehead atoms. The summed E-state index contributed by atoms with van der Waals surface area (Å²) < 4.78 is 17.2. The molecule has 3 aromatic rings. The van der Waals surface area contributed by atoms with E-state index < -0.39 is 11.7 Å². The molecular formula is C16H15FN4O. The number of anilines is 1. The molecule has 2 heterocycles. The molecule has 1 amide bonds. The Bertz CT molecular complexity index is 821. The summed E-state index contributed by atoms with van der Waals surface area (Å²) in [5.74, 6) is -0.241. The molecule has 0 aliphatic heterocycles. The normalized spacial score (nSPS) is 10.7. The van der Waals surface area contributed by atoms with Crippen molar-refractivity contribution in [3.63, 3.8) is 0 Å². The molecule has 22 heavy (non-hydrogen) atoms. The zero-order chi connectivity index (χ0) is 15.7. The summed E-state index contributed by atoms with van der Waals surface area (Å²) in [7, 11) is 1.75. The van der Waals surface area contributed by atoms with E-state index in [1.807, 2.05) is 24.5 Å². The summed E-state index contributed by atoms with van der Waals surface area (Å²) in [6.07, 6.45) is 5.11. The first-order chi connectivity index (χ1) is 10.6. The van der Waals surface area contributed by atoms with Gasteiger partial charge in [0.15, 0.2) is 0 Å². The van der Waals surface area contributed by atoms with Crippen LogP contribution in [0.25, 0.3) is 5.82 Å². The largest absolute Gasteiger partial charge is 0.319 e. The van der Waals surface area contributed by atoms with Gasteiger partial charge in [-0.15, -0.1) is 0 Å². The lowest BCUT2D eigenvalue weighted by molar-refractivity contribution is 0.102. The molecule has 0 saturated carbocycles. The molecule has 0 radical (unpaired) electrons. The number of amides is 1. The number of hydrogen-bond acceptors (Lipinski definition) is 2. The van der Waals surface area contributed by atoms with Gasteiger partial charge in [-0.3, -0.25) is 9.48 Å². The fourth-order valence-corrected chi connectivity index (χ4v) is 2.28. The van der Waals surface area contributed by atoms with Crippen molar-refractivity contribution < 1.29 is 9.18 Å². The van der Waals surface area contributed by atoms with Gasteiger partial charge in [0, 0.05) is 19.4 Å². The Balaban J connectivity index is 1.93. The van der Waals surface area contributed by atoms with Crippen LogP contribution in [-0.2, 0) is 7.05 Å². The number of hydrogen-bond donors (Lipinski definition) is 1. The second-order valence-electron chi connectivity index (χ2n) is 5.03. The maximum absolute atomic E-state index is 13.9. The van der Waals surface area contributed by atoms with Crippen molar-refractivity contribution in [2.75, 3.05) is 5.32 Å².